The lowest BCUT2D eigenvalue weighted by Gasteiger charge is -2.41. The first-order valence-corrected chi connectivity index (χ1v) is 13.3. The standard InChI is InChI=1S/C25H32BrCl2N3/c1-2-21-23(26)16-19-15-20(28)3-4-22(19)25(24(21)30-12-9-27)31-13-7-18(8-14-31)17-5-10-29-11-6-17/h3-4,12,15-18,25,29H,2,5-11,13-14H2,1H3. The van der Waals surface area contributed by atoms with Crippen LogP contribution in [0, 0.1) is 11.8 Å². The molecule has 0 saturated carbocycles. The number of rotatable bonds is 5. The fourth-order valence-corrected chi connectivity index (χ4v) is 6.52. The Morgan fingerprint density at radius 2 is 1.87 bits per heavy atom. The maximum Gasteiger partial charge on any atom is 0.0785 e. The predicted octanol–water partition coefficient (Wildman–Crippen LogP) is 6.82. The third-order valence-electron chi connectivity index (χ3n) is 7.12. The fourth-order valence-electron chi connectivity index (χ4n) is 5.54. The van der Waals surface area contributed by atoms with Gasteiger partial charge in [0.2, 0.25) is 0 Å². The van der Waals surface area contributed by atoms with Crippen LogP contribution in [0.25, 0.3) is 6.08 Å². The Bertz CT molecular complexity index is 866. The van der Waals surface area contributed by atoms with Crippen LogP contribution >= 0.6 is 39.1 Å². The Morgan fingerprint density at radius 1 is 1.16 bits per heavy atom. The second-order valence-corrected chi connectivity index (χ2v) is 10.4. The van der Waals surface area contributed by atoms with Crippen molar-refractivity contribution in [2.45, 2.75) is 45.1 Å². The van der Waals surface area contributed by atoms with Gasteiger partial charge in [0.15, 0.2) is 0 Å². The van der Waals surface area contributed by atoms with Crippen molar-refractivity contribution >= 4 is 51.4 Å². The van der Waals surface area contributed by atoms with Gasteiger partial charge in [0.1, 0.15) is 0 Å². The molecule has 31 heavy (non-hydrogen) atoms. The smallest absolute Gasteiger partial charge is 0.0785 e. The molecule has 3 nitrogen and oxygen atoms in total. The summed E-state index contributed by atoms with van der Waals surface area (Å²) in [5.41, 5.74) is 4.82. The minimum absolute atomic E-state index is 0.127. The summed E-state index contributed by atoms with van der Waals surface area (Å²) in [4.78, 5) is 7.56. The minimum atomic E-state index is 0.127. The zero-order chi connectivity index (χ0) is 21.8. The van der Waals surface area contributed by atoms with E-state index in [0.29, 0.717) is 5.88 Å². The molecule has 2 fully saturated rings. The number of alkyl halides is 1. The highest BCUT2D eigenvalue weighted by Gasteiger charge is 2.35. The molecule has 0 spiro atoms. The summed E-state index contributed by atoms with van der Waals surface area (Å²) in [5.74, 6) is 2.15. The molecule has 1 aromatic rings. The first kappa shape index (κ1) is 23.5. The van der Waals surface area contributed by atoms with Crippen LogP contribution in [0.4, 0.5) is 0 Å². The van der Waals surface area contributed by atoms with Crippen molar-refractivity contribution in [3.05, 3.63) is 50.1 Å². The van der Waals surface area contributed by atoms with E-state index in [1.807, 2.05) is 12.3 Å². The van der Waals surface area contributed by atoms with E-state index >= 15 is 0 Å². The predicted molar refractivity (Wildman–Crippen MR) is 138 cm³/mol. The normalized spacial score (nSPS) is 24.4. The number of likely N-dealkylation sites (tertiary alicyclic amines) is 1. The largest absolute Gasteiger partial charge is 0.317 e. The second-order valence-electron chi connectivity index (χ2n) is 8.81. The molecule has 1 unspecified atom stereocenters. The molecule has 0 amide bonds. The molecule has 2 saturated heterocycles. The van der Waals surface area contributed by atoms with E-state index in [1.165, 1.54) is 55.5 Å². The number of allylic oxidation sites excluding steroid dienone is 2. The van der Waals surface area contributed by atoms with E-state index in [0.717, 1.165) is 46.5 Å². The maximum atomic E-state index is 6.38. The van der Waals surface area contributed by atoms with Gasteiger partial charge in [-0.15, -0.1) is 11.6 Å². The molecule has 2 aliphatic heterocycles. The van der Waals surface area contributed by atoms with Gasteiger partial charge in [-0.2, -0.15) is 0 Å². The molecule has 3 aliphatic rings. The van der Waals surface area contributed by atoms with Gasteiger partial charge in [0.05, 0.1) is 17.6 Å². The lowest BCUT2D eigenvalue weighted by Crippen LogP contribution is -2.41. The third-order valence-corrected chi connectivity index (χ3v) is 8.21. The Hall–Kier alpha value is -0.650. The second kappa shape index (κ2) is 11.0. The van der Waals surface area contributed by atoms with Gasteiger partial charge >= 0.3 is 0 Å². The molecule has 0 aromatic heterocycles. The molecule has 1 N–H and O–H groups in total. The quantitative estimate of drug-likeness (QED) is 0.338. The number of hydrogen-bond acceptors (Lipinski definition) is 3. The SMILES string of the molecule is CCC1=C(N=CCCl)C(N2CCC(C3CCNCC3)CC2)c2ccc(Cl)cc2C=C1Br. The van der Waals surface area contributed by atoms with E-state index in [-0.39, 0.29) is 6.04 Å². The van der Waals surface area contributed by atoms with E-state index in [1.54, 1.807) is 0 Å². The van der Waals surface area contributed by atoms with Crippen LogP contribution in [0.15, 0.2) is 38.9 Å². The van der Waals surface area contributed by atoms with Gasteiger partial charge in [0, 0.05) is 15.7 Å². The molecule has 0 bridgehead atoms. The van der Waals surface area contributed by atoms with Crippen molar-refractivity contribution in [3.8, 4) is 0 Å². The average molecular weight is 525 g/mol. The van der Waals surface area contributed by atoms with Crippen LogP contribution in [0.5, 0.6) is 0 Å². The van der Waals surface area contributed by atoms with Gasteiger partial charge in [-0.1, -0.05) is 40.5 Å². The Kier molecular flexibility index (Phi) is 8.33. The van der Waals surface area contributed by atoms with Gasteiger partial charge in [0.25, 0.3) is 0 Å². The molecule has 2 heterocycles. The van der Waals surface area contributed by atoms with Gasteiger partial charge in [-0.25, -0.2) is 0 Å². The highest BCUT2D eigenvalue weighted by atomic mass is 79.9. The van der Waals surface area contributed by atoms with E-state index < -0.39 is 0 Å². The third kappa shape index (κ3) is 5.30. The molecule has 168 valence electrons. The fraction of sp³-hybridized carbons (Fsp3) is 0.560. The van der Waals surface area contributed by atoms with Gasteiger partial charge in [-0.05, 0) is 105 Å². The van der Waals surface area contributed by atoms with Crippen LogP contribution in [-0.4, -0.2) is 43.2 Å². The molecule has 1 atom stereocenters. The summed E-state index contributed by atoms with van der Waals surface area (Å²) >= 11 is 16.2. The van der Waals surface area contributed by atoms with E-state index in [9.17, 15) is 0 Å². The molecule has 6 heteroatoms. The van der Waals surface area contributed by atoms with Gasteiger partial charge < -0.3 is 5.32 Å². The van der Waals surface area contributed by atoms with Crippen molar-refractivity contribution in [1.82, 2.24) is 10.2 Å². The number of nitrogens with one attached hydrogen (secondary N) is 1. The first-order chi connectivity index (χ1) is 15.1. The van der Waals surface area contributed by atoms with Crippen LogP contribution in [0.1, 0.15) is 56.2 Å². The van der Waals surface area contributed by atoms with E-state index in [4.69, 9.17) is 28.2 Å². The van der Waals surface area contributed by atoms with Crippen molar-refractivity contribution in [2.24, 2.45) is 16.8 Å². The van der Waals surface area contributed by atoms with Crippen molar-refractivity contribution in [3.63, 3.8) is 0 Å². The maximum absolute atomic E-state index is 6.38. The molecule has 4 rings (SSSR count). The molecular formula is C25H32BrCl2N3. The Balaban J connectivity index is 1.67. The summed E-state index contributed by atoms with van der Waals surface area (Å²) in [6.07, 6.45) is 10.2. The molecular weight excluding hydrogens is 493 g/mol. The summed E-state index contributed by atoms with van der Waals surface area (Å²) in [5, 5.41) is 4.28. The first-order valence-electron chi connectivity index (χ1n) is 11.6. The van der Waals surface area contributed by atoms with Crippen LogP contribution < -0.4 is 5.32 Å². The van der Waals surface area contributed by atoms with Crippen LogP contribution in [-0.2, 0) is 0 Å². The highest BCUT2D eigenvalue weighted by molar-refractivity contribution is 9.12. The summed E-state index contributed by atoms with van der Waals surface area (Å²) in [6.45, 7) is 6.78. The van der Waals surface area contributed by atoms with Crippen molar-refractivity contribution in [1.29, 1.82) is 0 Å². The van der Waals surface area contributed by atoms with Crippen LogP contribution in [0.3, 0.4) is 0 Å². The summed E-state index contributed by atoms with van der Waals surface area (Å²) in [7, 11) is 0. The zero-order valence-corrected chi connectivity index (χ0v) is 21.3. The van der Waals surface area contributed by atoms with E-state index in [2.05, 4.69) is 51.3 Å². The molecule has 1 aromatic carbocycles. The van der Waals surface area contributed by atoms with Crippen molar-refractivity contribution in [2.75, 3.05) is 32.1 Å². The number of hydrogen-bond donors (Lipinski definition) is 1. The number of halogens is 3. The average Bonchev–Trinajstić information content (AvgIpc) is 2.91. The number of aliphatic imine (C=N–C) groups is 1. The van der Waals surface area contributed by atoms with Gasteiger partial charge in [-0.3, -0.25) is 9.89 Å². The lowest BCUT2D eigenvalue weighted by atomic mass is 9.78. The molecule has 0 radical (unpaired) electrons. The zero-order valence-electron chi connectivity index (χ0n) is 18.2. The Labute approximate surface area is 205 Å². The number of fused-ring (bicyclic) bond motifs is 1. The topological polar surface area (TPSA) is 27.6 Å². The highest BCUT2D eigenvalue weighted by Crippen LogP contribution is 2.44. The van der Waals surface area contributed by atoms with Crippen molar-refractivity contribution < 1.29 is 0 Å². The lowest BCUT2D eigenvalue weighted by molar-refractivity contribution is 0.108. The molecule has 1 aliphatic carbocycles. The Morgan fingerprint density at radius 3 is 2.55 bits per heavy atom. The number of piperidine rings is 2. The number of benzene rings is 1. The minimum Gasteiger partial charge on any atom is -0.317 e. The summed E-state index contributed by atoms with van der Waals surface area (Å²) < 4.78 is 1.09. The van der Waals surface area contributed by atoms with Crippen LogP contribution in [0.2, 0.25) is 5.02 Å². The monoisotopic (exact) mass is 523 g/mol. The summed E-state index contributed by atoms with van der Waals surface area (Å²) in [6, 6.07) is 6.40. The number of nitrogens with zero attached hydrogens (tertiary/aromatic N) is 2.